The Labute approximate surface area is 240 Å². The van der Waals surface area contributed by atoms with Crippen molar-refractivity contribution in [2.24, 2.45) is 10.7 Å². The van der Waals surface area contributed by atoms with Crippen LogP contribution in [0, 0.1) is 0 Å². The number of ether oxygens (including phenoxy) is 3. The van der Waals surface area contributed by atoms with Gasteiger partial charge >= 0.3 is 11.9 Å². The number of nitrogens with one attached hydrogen (secondary N) is 1. The van der Waals surface area contributed by atoms with Gasteiger partial charge < -0.3 is 25.1 Å². The van der Waals surface area contributed by atoms with E-state index >= 15 is 0 Å². The molecule has 0 fully saturated rings. The molecule has 1 aliphatic carbocycles. The van der Waals surface area contributed by atoms with Crippen molar-refractivity contribution < 1.29 is 28.9 Å². The topological polar surface area (TPSA) is 135 Å². The molecule has 0 bridgehead atoms. The lowest BCUT2D eigenvalue weighted by Gasteiger charge is -2.20. The minimum Gasteiger partial charge on any atom is -0.599 e. The van der Waals surface area contributed by atoms with Crippen LogP contribution < -0.4 is 15.6 Å². The van der Waals surface area contributed by atoms with Crippen molar-refractivity contribution in [2.45, 2.75) is 31.6 Å². The summed E-state index contributed by atoms with van der Waals surface area (Å²) in [7, 11) is 2.75. The number of carbonyl (C=O) groups is 2. The predicted molar refractivity (Wildman–Crippen MR) is 157 cm³/mol. The number of hydrogen-bond donors (Lipinski definition) is 2. The fraction of sp³-hybridized carbons (Fsp3) is 0.393. The highest BCUT2D eigenvalue weighted by atomic mass is 32.2. The molecule has 0 saturated carbocycles. The second kappa shape index (κ2) is 20.7. The molecule has 0 amide bonds. The summed E-state index contributed by atoms with van der Waals surface area (Å²) in [5.74, 6) is -0.115. The standard InChI is InChI=1S/C21H24N2O4S.C5H11NO2.C2H2S/c1-26-20(24)11-6-12-23-28-14-22-21(25)27-13-19-17-9-4-2-7-15(17)16-8-3-5-10-18(16)19;1-8-5(7)3-2-4-6;1-2-3/h2-5,7-10,19,23H,6,11-14H2,1H3,(H,22,25);2-4,6H2,1H3;1H2/p-1. The molecule has 39 heavy (non-hydrogen) atoms. The zero-order chi connectivity index (χ0) is 28.9. The average Bonchev–Trinajstić information content (AvgIpc) is 3.28. The molecule has 0 radical (unpaired) electrons. The van der Waals surface area contributed by atoms with Crippen LogP contribution in [0.4, 0.5) is 0 Å². The molecule has 1 aliphatic rings. The molecule has 2 aromatic rings. The molecular formula is C28H36N3O6S2-. The normalized spacial score (nSPS) is 11.4. The first-order valence-electron chi connectivity index (χ1n) is 12.3. The number of thiocarbonyl (C=S) groups is 1. The summed E-state index contributed by atoms with van der Waals surface area (Å²) in [6.45, 7) is 4.51. The van der Waals surface area contributed by atoms with Crippen LogP contribution in [0.1, 0.15) is 42.7 Å². The van der Waals surface area contributed by atoms with Gasteiger partial charge in [-0.05, 0) is 60.4 Å². The SMILES string of the molecule is C=C=S.COC(=O)CCCN.COC(=O)CCCNSCN=C([O-])OCC1c2ccccc2-c2ccccc21. The number of aliphatic imine (C=N–C) groups is 1. The van der Waals surface area contributed by atoms with Crippen molar-refractivity contribution >= 4 is 47.2 Å². The first-order chi connectivity index (χ1) is 18.9. The Morgan fingerprint density at radius 1 is 1.05 bits per heavy atom. The monoisotopic (exact) mass is 574 g/mol. The van der Waals surface area contributed by atoms with E-state index in [-0.39, 0.29) is 30.3 Å². The van der Waals surface area contributed by atoms with Crippen LogP contribution in [0.3, 0.4) is 0 Å². The van der Waals surface area contributed by atoms with E-state index in [4.69, 9.17) is 10.5 Å². The maximum absolute atomic E-state index is 11.9. The van der Waals surface area contributed by atoms with Gasteiger partial charge in [-0.3, -0.25) is 19.3 Å². The molecule has 2 aromatic carbocycles. The number of carbonyl (C=O) groups excluding carboxylic acids is 2. The van der Waals surface area contributed by atoms with Crippen molar-refractivity contribution in [3.05, 3.63) is 66.2 Å². The summed E-state index contributed by atoms with van der Waals surface area (Å²) in [4.78, 5) is 25.2. The number of benzene rings is 2. The highest BCUT2D eigenvalue weighted by Gasteiger charge is 2.26. The van der Waals surface area contributed by atoms with Crippen LogP contribution in [0.25, 0.3) is 11.1 Å². The van der Waals surface area contributed by atoms with Crippen LogP contribution in [0.15, 0.2) is 60.1 Å². The molecule has 0 atom stereocenters. The minimum atomic E-state index is -0.564. The third kappa shape index (κ3) is 12.9. The number of rotatable bonds is 12. The zero-order valence-corrected chi connectivity index (χ0v) is 24.0. The van der Waals surface area contributed by atoms with E-state index in [1.54, 1.807) is 0 Å². The summed E-state index contributed by atoms with van der Waals surface area (Å²) in [6.07, 6.45) is 1.63. The molecule has 0 spiro atoms. The zero-order valence-electron chi connectivity index (χ0n) is 22.4. The Balaban J connectivity index is 0.000000587. The third-order valence-electron chi connectivity index (χ3n) is 5.40. The first-order valence-corrected chi connectivity index (χ1v) is 13.7. The van der Waals surface area contributed by atoms with Gasteiger partial charge in [-0.15, -0.1) is 0 Å². The van der Waals surface area contributed by atoms with Gasteiger partial charge in [-0.1, -0.05) is 65.5 Å². The van der Waals surface area contributed by atoms with Crippen molar-refractivity contribution in [3.63, 3.8) is 0 Å². The number of nitrogens with two attached hydrogens (primary N) is 1. The lowest BCUT2D eigenvalue weighted by atomic mass is 9.98. The van der Waals surface area contributed by atoms with Crippen LogP contribution in [0.2, 0.25) is 0 Å². The van der Waals surface area contributed by atoms with Crippen LogP contribution in [-0.4, -0.2) is 62.8 Å². The van der Waals surface area contributed by atoms with E-state index in [9.17, 15) is 14.7 Å². The maximum atomic E-state index is 11.9. The largest absolute Gasteiger partial charge is 0.599 e. The van der Waals surface area contributed by atoms with Crippen LogP contribution in [-0.2, 0) is 23.8 Å². The number of methoxy groups -OCH3 is 2. The van der Waals surface area contributed by atoms with Gasteiger partial charge in [0.15, 0.2) is 0 Å². The number of hydrogen-bond acceptors (Lipinski definition) is 11. The Morgan fingerprint density at radius 2 is 1.56 bits per heavy atom. The smallest absolute Gasteiger partial charge is 0.305 e. The quantitative estimate of drug-likeness (QED) is 0.0970. The third-order valence-corrected chi connectivity index (χ3v) is 6.06. The van der Waals surface area contributed by atoms with Gasteiger partial charge in [0.05, 0.1) is 14.2 Å². The number of fused-ring (bicyclic) bond motifs is 3. The minimum absolute atomic E-state index is 0.0376. The first kappa shape index (κ1) is 33.8. The number of nitrogens with zero attached hydrogens (tertiary/aromatic N) is 1. The lowest BCUT2D eigenvalue weighted by Crippen LogP contribution is -2.24. The molecule has 0 heterocycles. The van der Waals surface area contributed by atoms with Crippen molar-refractivity contribution in [3.8, 4) is 11.1 Å². The summed E-state index contributed by atoms with van der Waals surface area (Å²) >= 11 is 5.34. The molecule has 0 aromatic heterocycles. The van der Waals surface area contributed by atoms with Crippen LogP contribution >= 0.6 is 24.2 Å². The highest BCUT2D eigenvalue weighted by molar-refractivity contribution is 7.97. The second-order valence-corrected chi connectivity index (χ2v) is 9.05. The van der Waals surface area contributed by atoms with E-state index in [0.717, 1.165) is 0 Å². The van der Waals surface area contributed by atoms with Crippen LogP contribution in [0.5, 0.6) is 0 Å². The van der Waals surface area contributed by atoms with Gasteiger partial charge in [-0.2, -0.15) is 0 Å². The Hall–Kier alpha value is -3.21. The van der Waals surface area contributed by atoms with Gasteiger partial charge in [-0.25, -0.2) is 0 Å². The molecule has 0 saturated heterocycles. The van der Waals surface area contributed by atoms with Gasteiger partial charge in [0.2, 0.25) is 0 Å². The fourth-order valence-electron chi connectivity index (χ4n) is 3.60. The molecule has 11 heteroatoms. The molecule has 212 valence electrons. The van der Waals surface area contributed by atoms with E-state index in [2.05, 4.69) is 67.3 Å². The van der Waals surface area contributed by atoms with Crippen molar-refractivity contribution in [2.75, 3.05) is 39.8 Å². The van der Waals surface area contributed by atoms with E-state index in [1.165, 1.54) is 48.4 Å². The molecule has 3 N–H and O–H groups in total. The Kier molecular flexibility index (Phi) is 18.0. The summed E-state index contributed by atoms with van der Waals surface area (Å²) in [6, 6.07) is 16.4. The molecular weight excluding hydrogens is 538 g/mol. The maximum Gasteiger partial charge on any atom is 0.305 e. The van der Waals surface area contributed by atoms with E-state index in [0.29, 0.717) is 38.8 Å². The van der Waals surface area contributed by atoms with Gasteiger partial charge in [0.1, 0.15) is 12.0 Å². The predicted octanol–water partition coefficient (Wildman–Crippen LogP) is 3.35. The lowest BCUT2D eigenvalue weighted by molar-refractivity contribution is -0.250. The molecule has 0 unspecified atom stereocenters. The van der Waals surface area contributed by atoms with Gasteiger partial charge in [0.25, 0.3) is 0 Å². The van der Waals surface area contributed by atoms with E-state index in [1.807, 2.05) is 24.3 Å². The average molecular weight is 575 g/mol. The molecule has 3 rings (SSSR count). The van der Waals surface area contributed by atoms with E-state index < -0.39 is 6.08 Å². The Morgan fingerprint density at radius 3 is 2.08 bits per heavy atom. The summed E-state index contributed by atoms with van der Waals surface area (Å²) in [5.41, 5.74) is 9.88. The second-order valence-electron chi connectivity index (χ2n) is 7.92. The number of esters is 2. The Bertz CT molecular complexity index is 1040. The molecule has 9 nitrogen and oxygen atoms in total. The summed E-state index contributed by atoms with van der Waals surface area (Å²) in [5, 5.41) is 14.0. The van der Waals surface area contributed by atoms with Crippen molar-refractivity contribution in [1.82, 2.24) is 4.72 Å². The van der Waals surface area contributed by atoms with Gasteiger partial charge in [0, 0.05) is 31.9 Å². The van der Waals surface area contributed by atoms with Crippen molar-refractivity contribution in [1.29, 1.82) is 0 Å². The highest BCUT2D eigenvalue weighted by Crippen LogP contribution is 2.44. The molecule has 0 aliphatic heterocycles. The summed E-state index contributed by atoms with van der Waals surface area (Å²) < 4.78 is 17.4. The fourth-order valence-corrected chi connectivity index (χ4v) is 4.15.